The van der Waals surface area contributed by atoms with E-state index in [2.05, 4.69) is 15.7 Å². The van der Waals surface area contributed by atoms with E-state index in [1.54, 1.807) is 26.0 Å². The number of amides is 2. The van der Waals surface area contributed by atoms with Crippen molar-refractivity contribution >= 4 is 48.0 Å². The summed E-state index contributed by atoms with van der Waals surface area (Å²) >= 11 is 6.05. The fourth-order valence-electron chi connectivity index (χ4n) is 4.08. The first-order valence-corrected chi connectivity index (χ1v) is 15.5. The lowest BCUT2D eigenvalue weighted by Gasteiger charge is -2.32. The molecule has 16 heteroatoms. The number of aliphatic hydroxyl groups excluding tert-OH is 1. The van der Waals surface area contributed by atoms with Crippen LogP contribution in [0.3, 0.4) is 0 Å². The Hall–Kier alpha value is -3.23. The van der Waals surface area contributed by atoms with Crippen LogP contribution in [0.2, 0.25) is 5.02 Å². The number of nitrogens with one attached hydrogen (secondary N) is 2. The molecule has 2 atom stereocenters. The highest BCUT2D eigenvalue weighted by Crippen LogP contribution is 2.49. The molecule has 0 aliphatic rings. The molecule has 1 heterocycles. The topological polar surface area (TPSA) is 149 Å². The van der Waals surface area contributed by atoms with Crippen molar-refractivity contribution in [2.24, 2.45) is 0 Å². The molecule has 2 unspecified atom stereocenters. The van der Waals surface area contributed by atoms with Crippen LogP contribution in [-0.2, 0) is 34.2 Å². The first-order valence-electron chi connectivity index (χ1n) is 13.6. The molecule has 12 nitrogen and oxygen atoms in total. The lowest BCUT2D eigenvalue weighted by Crippen LogP contribution is -2.52. The number of hydrogen-bond donors (Lipinski definition) is 3. The first-order chi connectivity index (χ1) is 20.9. The third kappa shape index (κ3) is 10.4. The van der Waals surface area contributed by atoms with Gasteiger partial charge >= 0.3 is 13.9 Å². The van der Waals surface area contributed by atoms with Crippen molar-refractivity contribution in [2.45, 2.75) is 45.9 Å². The number of carbonyl (C=O) groups is 2. The van der Waals surface area contributed by atoms with Gasteiger partial charge in [0, 0.05) is 31.5 Å². The maximum absolute atomic E-state index is 14.0. The number of ether oxygens (including phenoxy) is 1. The molecule has 3 N–H and O–H groups in total. The molecular formula is C28H34ClF2N4O8P. The van der Waals surface area contributed by atoms with Crippen LogP contribution in [0.25, 0.3) is 10.8 Å². The van der Waals surface area contributed by atoms with Gasteiger partial charge < -0.3 is 9.84 Å². The van der Waals surface area contributed by atoms with Gasteiger partial charge in [0.25, 0.3) is 0 Å². The summed E-state index contributed by atoms with van der Waals surface area (Å²) < 4.78 is 61.0. The van der Waals surface area contributed by atoms with Crippen molar-refractivity contribution < 1.29 is 46.3 Å². The molecule has 1 aromatic heterocycles. The normalized spacial score (nSPS) is 13.0. The Balaban J connectivity index is 1.74. The molecule has 240 valence electrons. The summed E-state index contributed by atoms with van der Waals surface area (Å²) in [4.78, 5) is 29.5. The van der Waals surface area contributed by atoms with Crippen molar-refractivity contribution in [1.29, 1.82) is 0 Å². The van der Waals surface area contributed by atoms with E-state index < -0.39 is 56.8 Å². The number of nitrogens with zero attached hydrogens (tertiary/aromatic N) is 2. The Kier molecular flexibility index (Phi) is 13.4. The number of carbonyl (C=O) groups excluding carboxylic acids is 2. The van der Waals surface area contributed by atoms with Gasteiger partial charge in [-0.05, 0) is 55.1 Å². The van der Waals surface area contributed by atoms with Gasteiger partial charge in [0.1, 0.15) is 24.1 Å². The number of halogens is 3. The van der Waals surface area contributed by atoms with Crippen LogP contribution in [0.4, 0.5) is 19.4 Å². The number of hydrogen-bond acceptors (Lipinski definition) is 10. The van der Waals surface area contributed by atoms with Crippen molar-refractivity contribution in [2.75, 3.05) is 31.7 Å². The third-order valence-electron chi connectivity index (χ3n) is 6.04. The van der Waals surface area contributed by atoms with E-state index >= 15 is 0 Å². The Labute approximate surface area is 258 Å². The number of phosphoric ester groups is 1. The van der Waals surface area contributed by atoms with E-state index in [0.29, 0.717) is 16.3 Å². The zero-order valence-electron chi connectivity index (χ0n) is 24.3. The van der Waals surface area contributed by atoms with Gasteiger partial charge in [-0.15, -0.1) is 0 Å². The van der Waals surface area contributed by atoms with E-state index in [9.17, 15) is 28.0 Å². The van der Waals surface area contributed by atoms with Gasteiger partial charge in [0.05, 0.1) is 37.0 Å². The van der Waals surface area contributed by atoms with Crippen molar-refractivity contribution in [1.82, 2.24) is 15.4 Å². The summed E-state index contributed by atoms with van der Waals surface area (Å²) in [6, 6.07) is 8.75. The number of pyridine rings is 1. The molecule has 0 radical (unpaired) electrons. The fourth-order valence-corrected chi connectivity index (χ4v) is 5.48. The van der Waals surface area contributed by atoms with Crippen LogP contribution in [0.1, 0.15) is 32.8 Å². The maximum Gasteiger partial charge on any atom is 0.474 e. The SMILES string of the molecule is CCOP(=O)(OCC)OCC(O)CC(COC(=O)Nc1cc2cc(F)ccc2cn1)N(NCc1cccc(F)c1Cl)C(C)=O. The van der Waals surface area contributed by atoms with Crippen LogP contribution >= 0.6 is 19.4 Å². The Morgan fingerprint density at radius 2 is 1.80 bits per heavy atom. The van der Waals surface area contributed by atoms with Crippen molar-refractivity contribution in [3.63, 3.8) is 0 Å². The molecule has 0 bridgehead atoms. The quantitative estimate of drug-likeness (QED) is 0.131. The highest BCUT2D eigenvalue weighted by Gasteiger charge is 2.30. The summed E-state index contributed by atoms with van der Waals surface area (Å²) in [6.45, 7) is 3.45. The van der Waals surface area contributed by atoms with Crippen molar-refractivity contribution in [3.8, 4) is 0 Å². The Morgan fingerprint density at radius 1 is 1.07 bits per heavy atom. The minimum Gasteiger partial charge on any atom is -0.447 e. The largest absolute Gasteiger partial charge is 0.474 e. The standard InChI is InChI=1S/C28H34ClF2N4O8P/c1-4-41-44(39,42-5-2)43-17-24(37)13-23(35(18(3)36)33-15-20-7-6-8-25(31)27(20)29)16-40-28(38)34-26-12-21-11-22(30)10-9-19(21)14-32-26/h6-12,14,23-24,33,37H,4-5,13,15-17H2,1-3H3,(H,32,34,38). The molecule has 44 heavy (non-hydrogen) atoms. The molecule has 0 saturated carbocycles. The highest BCUT2D eigenvalue weighted by atomic mass is 35.5. The number of aliphatic hydroxyl groups is 1. The van der Waals surface area contributed by atoms with Crippen LogP contribution < -0.4 is 10.7 Å². The molecule has 0 fully saturated rings. The van der Waals surface area contributed by atoms with Gasteiger partial charge in [-0.25, -0.2) is 28.6 Å². The van der Waals surface area contributed by atoms with Gasteiger partial charge in [-0.3, -0.25) is 28.7 Å². The van der Waals surface area contributed by atoms with Crippen LogP contribution in [0.5, 0.6) is 0 Å². The Morgan fingerprint density at radius 3 is 2.48 bits per heavy atom. The highest BCUT2D eigenvalue weighted by molar-refractivity contribution is 7.48. The predicted molar refractivity (Wildman–Crippen MR) is 159 cm³/mol. The van der Waals surface area contributed by atoms with Crippen molar-refractivity contribution in [3.05, 3.63) is 70.9 Å². The van der Waals surface area contributed by atoms with E-state index in [4.69, 9.17) is 29.9 Å². The number of rotatable bonds is 16. The van der Waals surface area contributed by atoms with Crippen LogP contribution in [0.15, 0.2) is 48.7 Å². The predicted octanol–water partition coefficient (Wildman–Crippen LogP) is 5.59. The molecule has 0 aliphatic carbocycles. The van der Waals surface area contributed by atoms with Gasteiger partial charge in [-0.1, -0.05) is 23.7 Å². The summed E-state index contributed by atoms with van der Waals surface area (Å²) in [5.74, 6) is -1.56. The summed E-state index contributed by atoms with van der Waals surface area (Å²) in [5, 5.41) is 15.3. The van der Waals surface area contributed by atoms with Crippen LogP contribution in [-0.4, -0.2) is 65.7 Å². The fraction of sp³-hybridized carbons (Fsp3) is 0.393. The summed E-state index contributed by atoms with van der Waals surface area (Å²) in [5.41, 5.74) is 3.18. The monoisotopic (exact) mass is 658 g/mol. The third-order valence-corrected chi connectivity index (χ3v) is 8.08. The minimum atomic E-state index is -3.95. The number of hydrazine groups is 1. The number of anilines is 1. The van der Waals surface area contributed by atoms with Gasteiger partial charge in [0.15, 0.2) is 0 Å². The molecular weight excluding hydrogens is 625 g/mol. The average Bonchev–Trinajstić information content (AvgIpc) is 2.97. The lowest BCUT2D eigenvalue weighted by molar-refractivity contribution is -0.137. The van der Waals surface area contributed by atoms with Gasteiger partial charge in [-0.2, -0.15) is 0 Å². The molecule has 0 spiro atoms. The first kappa shape index (κ1) is 35.3. The second-order valence-electron chi connectivity index (χ2n) is 9.34. The molecule has 0 saturated heterocycles. The molecule has 2 amide bonds. The van der Waals surface area contributed by atoms with E-state index in [-0.39, 0.29) is 37.0 Å². The summed E-state index contributed by atoms with van der Waals surface area (Å²) in [6.07, 6.45) is -1.06. The molecule has 0 aliphatic heterocycles. The number of aromatic nitrogens is 1. The molecule has 2 aromatic carbocycles. The zero-order valence-corrected chi connectivity index (χ0v) is 25.9. The number of phosphoric acid groups is 1. The Bertz CT molecular complexity index is 1480. The van der Waals surface area contributed by atoms with E-state index in [1.807, 2.05) is 0 Å². The smallest absolute Gasteiger partial charge is 0.447 e. The second kappa shape index (κ2) is 16.7. The molecule has 3 aromatic rings. The average molecular weight is 659 g/mol. The minimum absolute atomic E-state index is 0.0324. The number of fused-ring (bicyclic) bond motifs is 1. The second-order valence-corrected chi connectivity index (χ2v) is 11.4. The van der Waals surface area contributed by atoms with E-state index in [1.165, 1.54) is 43.5 Å². The summed E-state index contributed by atoms with van der Waals surface area (Å²) in [7, 11) is -3.95. The zero-order chi connectivity index (χ0) is 32.3. The van der Waals surface area contributed by atoms with Crippen LogP contribution in [0, 0.1) is 11.6 Å². The lowest BCUT2D eigenvalue weighted by atomic mass is 10.1. The molecule has 3 rings (SSSR count). The van der Waals surface area contributed by atoms with E-state index in [0.717, 1.165) is 5.01 Å². The van der Waals surface area contributed by atoms with Gasteiger partial charge in [0.2, 0.25) is 5.91 Å². The maximum atomic E-state index is 14.0. The number of benzene rings is 2.